The molecule has 0 aromatic carbocycles. The summed E-state index contributed by atoms with van der Waals surface area (Å²) in [6.07, 6.45) is 8.85. The molecule has 146 valence electrons. The summed E-state index contributed by atoms with van der Waals surface area (Å²) in [5, 5.41) is 18.1. The molecule has 2 N–H and O–H groups in total. The number of unbranched alkanes of at least 4 members (excludes halogenated alkanes) is 2. The minimum absolute atomic E-state index is 0. The van der Waals surface area contributed by atoms with Crippen molar-refractivity contribution < 1.29 is 39.3 Å². The summed E-state index contributed by atoms with van der Waals surface area (Å²) < 4.78 is 0. The van der Waals surface area contributed by atoms with Gasteiger partial charge in [0.25, 0.3) is 0 Å². The summed E-state index contributed by atoms with van der Waals surface area (Å²) in [7, 11) is 0. The molecule has 0 heterocycles. The third-order valence-electron chi connectivity index (χ3n) is 5.63. The van der Waals surface area contributed by atoms with E-state index in [9.17, 15) is 9.59 Å². The number of rotatable bonds is 12. The molecule has 0 aromatic heterocycles. The van der Waals surface area contributed by atoms with Crippen molar-refractivity contribution in [1.82, 2.24) is 0 Å². The van der Waals surface area contributed by atoms with Crippen LogP contribution in [-0.2, 0) is 29.1 Å². The van der Waals surface area contributed by atoms with Crippen LogP contribution < -0.4 is 0 Å². The van der Waals surface area contributed by atoms with Gasteiger partial charge in [-0.05, 0) is 38.5 Å². The van der Waals surface area contributed by atoms with Gasteiger partial charge in [-0.2, -0.15) is 0 Å². The molecule has 5 heteroatoms. The summed E-state index contributed by atoms with van der Waals surface area (Å²) in [4.78, 5) is 22.0. The summed E-state index contributed by atoms with van der Waals surface area (Å²) in [6.45, 7) is 12.1. The third kappa shape index (κ3) is 9.73. The zero-order chi connectivity index (χ0) is 19.2. The fraction of sp³-hybridized carbons (Fsp3) is 0.900. The summed E-state index contributed by atoms with van der Waals surface area (Å²) in [6, 6.07) is 0. The van der Waals surface area contributed by atoms with E-state index in [1.807, 2.05) is 27.7 Å². The second-order valence-electron chi connectivity index (χ2n) is 6.79. The zero-order valence-corrected chi connectivity index (χ0v) is 20.5. The van der Waals surface area contributed by atoms with Crippen LogP contribution in [0.5, 0.6) is 0 Å². The summed E-state index contributed by atoms with van der Waals surface area (Å²) in [5.74, 6) is -1.25. The molecule has 0 aliphatic rings. The maximum absolute atomic E-state index is 11.0. The molecule has 0 saturated carbocycles. The largest absolute Gasteiger partial charge is 0.481 e. The van der Waals surface area contributed by atoms with Crippen molar-refractivity contribution in [1.29, 1.82) is 0 Å². The third-order valence-corrected chi connectivity index (χ3v) is 5.63. The van der Waals surface area contributed by atoms with E-state index in [1.165, 1.54) is 0 Å². The average Bonchev–Trinajstić information content (AvgIpc) is 2.58. The molecule has 0 atom stereocenters. The van der Waals surface area contributed by atoms with Crippen LogP contribution >= 0.6 is 0 Å². The van der Waals surface area contributed by atoms with Crippen LogP contribution in [0.25, 0.3) is 0 Å². The minimum Gasteiger partial charge on any atom is -0.481 e. The van der Waals surface area contributed by atoms with Crippen LogP contribution in [0.1, 0.15) is 106 Å². The van der Waals surface area contributed by atoms with E-state index < -0.39 is 22.8 Å². The number of carbonyl (C=O) groups is 2. The van der Waals surface area contributed by atoms with Gasteiger partial charge in [0.1, 0.15) is 0 Å². The first-order chi connectivity index (χ1) is 11.3. The number of carboxylic acids is 2. The quantitative estimate of drug-likeness (QED) is 0.380. The predicted octanol–water partition coefficient (Wildman–Crippen LogP) is 6.13. The molecule has 0 spiro atoms. The maximum atomic E-state index is 11.0. The maximum Gasteiger partial charge on any atom is 0.309 e. The SMILES string of the molecule is CCCCC(CC)(CC)C(=O)O.CCCCC(CC)(CC)C(=O)O.[Zn]. The molecular weight excluding hydrogens is 370 g/mol. The number of hydrogen-bond acceptors (Lipinski definition) is 2. The Hall–Kier alpha value is -0.437. The van der Waals surface area contributed by atoms with Crippen LogP contribution in [0.4, 0.5) is 0 Å². The predicted molar refractivity (Wildman–Crippen MR) is 100 cm³/mol. The van der Waals surface area contributed by atoms with Gasteiger partial charge in [0.15, 0.2) is 0 Å². The van der Waals surface area contributed by atoms with Gasteiger partial charge in [-0.25, -0.2) is 0 Å². The molecule has 0 unspecified atom stereocenters. The molecule has 0 radical (unpaired) electrons. The van der Waals surface area contributed by atoms with Crippen molar-refractivity contribution in [3.8, 4) is 0 Å². The van der Waals surface area contributed by atoms with Crippen molar-refractivity contribution in [3.63, 3.8) is 0 Å². The first-order valence-corrected chi connectivity index (χ1v) is 9.72. The molecule has 0 aliphatic carbocycles. The Labute approximate surface area is 167 Å². The fourth-order valence-electron chi connectivity index (χ4n) is 3.06. The van der Waals surface area contributed by atoms with Gasteiger partial charge >= 0.3 is 11.9 Å². The molecule has 0 aliphatic heterocycles. The van der Waals surface area contributed by atoms with Crippen LogP contribution in [0, 0.1) is 10.8 Å². The van der Waals surface area contributed by atoms with Crippen LogP contribution in [0.15, 0.2) is 0 Å². The van der Waals surface area contributed by atoms with Crippen LogP contribution in [0.3, 0.4) is 0 Å². The standard InChI is InChI=1S/2C10H20O2.Zn/c2*1-4-7-8-10(5-2,6-3)9(11)12;/h2*4-8H2,1-3H3,(H,11,12);. The first-order valence-electron chi connectivity index (χ1n) is 9.72. The minimum atomic E-state index is -0.624. The second kappa shape index (κ2) is 15.8. The monoisotopic (exact) mass is 408 g/mol. The molecule has 4 nitrogen and oxygen atoms in total. The van der Waals surface area contributed by atoms with E-state index in [0.29, 0.717) is 0 Å². The van der Waals surface area contributed by atoms with E-state index in [0.717, 1.165) is 64.2 Å². The smallest absolute Gasteiger partial charge is 0.309 e. The molecular formula is C20H40O4Zn. The number of hydrogen-bond donors (Lipinski definition) is 2. The Bertz CT molecular complexity index is 314. The normalized spacial score (nSPS) is 11.1. The van der Waals surface area contributed by atoms with E-state index in [2.05, 4.69) is 13.8 Å². The van der Waals surface area contributed by atoms with Crippen molar-refractivity contribution in [2.45, 2.75) is 106 Å². The Balaban J connectivity index is -0.000000372. The average molecular weight is 410 g/mol. The van der Waals surface area contributed by atoms with Gasteiger partial charge in [0.05, 0.1) is 10.8 Å². The van der Waals surface area contributed by atoms with Crippen molar-refractivity contribution >= 4 is 11.9 Å². The summed E-state index contributed by atoms with van der Waals surface area (Å²) >= 11 is 0. The molecule has 0 amide bonds. The van der Waals surface area contributed by atoms with E-state index in [1.54, 1.807) is 0 Å². The van der Waals surface area contributed by atoms with E-state index >= 15 is 0 Å². The van der Waals surface area contributed by atoms with Gasteiger partial charge in [-0.15, -0.1) is 0 Å². The Kier molecular flexibility index (Phi) is 18.5. The molecule has 25 heavy (non-hydrogen) atoms. The molecule has 0 saturated heterocycles. The van der Waals surface area contributed by atoms with Gasteiger partial charge in [0.2, 0.25) is 0 Å². The van der Waals surface area contributed by atoms with Crippen LogP contribution in [0.2, 0.25) is 0 Å². The van der Waals surface area contributed by atoms with Gasteiger partial charge in [0, 0.05) is 19.5 Å². The van der Waals surface area contributed by atoms with Gasteiger partial charge in [-0.3, -0.25) is 9.59 Å². The van der Waals surface area contributed by atoms with Crippen molar-refractivity contribution in [3.05, 3.63) is 0 Å². The number of carboxylic acid groups (broad SMARTS) is 2. The Morgan fingerprint density at radius 2 is 0.880 bits per heavy atom. The molecule has 0 rings (SSSR count). The van der Waals surface area contributed by atoms with E-state index in [4.69, 9.17) is 10.2 Å². The summed E-state index contributed by atoms with van der Waals surface area (Å²) in [5.41, 5.74) is -0.897. The fourth-order valence-corrected chi connectivity index (χ4v) is 3.06. The van der Waals surface area contributed by atoms with Gasteiger partial charge < -0.3 is 10.2 Å². The molecule has 0 fully saturated rings. The molecule has 0 bridgehead atoms. The van der Waals surface area contributed by atoms with E-state index in [-0.39, 0.29) is 19.5 Å². The zero-order valence-electron chi connectivity index (χ0n) is 17.5. The molecule has 0 aromatic rings. The Morgan fingerprint density at radius 3 is 1.00 bits per heavy atom. The van der Waals surface area contributed by atoms with Crippen molar-refractivity contribution in [2.75, 3.05) is 0 Å². The van der Waals surface area contributed by atoms with Crippen molar-refractivity contribution in [2.24, 2.45) is 10.8 Å². The Morgan fingerprint density at radius 1 is 0.640 bits per heavy atom. The first kappa shape index (κ1) is 29.3. The second-order valence-corrected chi connectivity index (χ2v) is 6.79. The van der Waals surface area contributed by atoms with Crippen LogP contribution in [-0.4, -0.2) is 22.2 Å². The van der Waals surface area contributed by atoms with Gasteiger partial charge in [-0.1, -0.05) is 67.2 Å². The number of aliphatic carboxylic acids is 2. The topological polar surface area (TPSA) is 74.6 Å².